The summed E-state index contributed by atoms with van der Waals surface area (Å²) in [6.45, 7) is 4.57. The van der Waals surface area contributed by atoms with Crippen LogP contribution in [0.1, 0.15) is 23.4 Å². The summed E-state index contributed by atoms with van der Waals surface area (Å²) in [6, 6.07) is 7.35. The third-order valence-electron chi connectivity index (χ3n) is 2.61. The van der Waals surface area contributed by atoms with Gasteiger partial charge in [0.05, 0.1) is 0 Å². The second-order valence-corrected chi connectivity index (χ2v) is 5.92. The van der Waals surface area contributed by atoms with E-state index in [0.717, 1.165) is 41.7 Å². The highest BCUT2D eigenvalue weighted by atomic mass is 35.5. The van der Waals surface area contributed by atoms with Gasteiger partial charge < -0.3 is 10.1 Å². The topological polar surface area (TPSA) is 47.0 Å². The first-order valence-electron chi connectivity index (χ1n) is 6.68. The predicted molar refractivity (Wildman–Crippen MR) is 82.6 cm³/mol. The average molecular weight is 312 g/mol. The van der Waals surface area contributed by atoms with E-state index in [0.29, 0.717) is 11.6 Å². The largest absolute Gasteiger partial charge is 0.486 e. The van der Waals surface area contributed by atoms with Crippen LogP contribution in [0.5, 0.6) is 5.75 Å². The van der Waals surface area contributed by atoms with Gasteiger partial charge >= 0.3 is 0 Å². The molecule has 0 atom stereocenters. The minimum atomic E-state index is 0.431. The van der Waals surface area contributed by atoms with Crippen molar-refractivity contribution in [2.45, 2.75) is 26.4 Å². The van der Waals surface area contributed by atoms with Crippen LogP contribution in [0.3, 0.4) is 0 Å². The van der Waals surface area contributed by atoms with Crippen LogP contribution in [0.15, 0.2) is 24.3 Å². The van der Waals surface area contributed by atoms with Crippen molar-refractivity contribution >= 4 is 22.9 Å². The molecule has 0 aliphatic carbocycles. The van der Waals surface area contributed by atoms with Gasteiger partial charge in [0, 0.05) is 18.0 Å². The maximum atomic E-state index is 5.90. The van der Waals surface area contributed by atoms with E-state index in [1.165, 1.54) is 0 Å². The van der Waals surface area contributed by atoms with Gasteiger partial charge in [0.1, 0.15) is 17.4 Å². The van der Waals surface area contributed by atoms with E-state index in [4.69, 9.17) is 16.3 Å². The second kappa shape index (κ2) is 8.19. The standard InChI is InChI=1S/C14H18ClN3OS/c1-2-7-16-8-6-13-17-18-14(20-13)10-19-12-5-3-4-11(15)9-12/h3-5,9,16H,2,6-8,10H2,1H3. The molecule has 108 valence electrons. The smallest absolute Gasteiger partial charge is 0.155 e. The zero-order valence-corrected chi connectivity index (χ0v) is 13.0. The highest BCUT2D eigenvalue weighted by Crippen LogP contribution is 2.19. The lowest BCUT2D eigenvalue weighted by molar-refractivity contribution is 0.304. The van der Waals surface area contributed by atoms with Gasteiger partial charge in [-0.15, -0.1) is 10.2 Å². The van der Waals surface area contributed by atoms with Gasteiger partial charge in [-0.1, -0.05) is 35.9 Å². The van der Waals surface area contributed by atoms with E-state index in [1.807, 2.05) is 18.2 Å². The van der Waals surface area contributed by atoms with Crippen molar-refractivity contribution < 1.29 is 4.74 Å². The Balaban J connectivity index is 1.78. The number of ether oxygens (including phenoxy) is 1. The fourth-order valence-electron chi connectivity index (χ4n) is 1.65. The van der Waals surface area contributed by atoms with Crippen molar-refractivity contribution in [1.82, 2.24) is 15.5 Å². The fourth-order valence-corrected chi connectivity index (χ4v) is 2.58. The minimum absolute atomic E-state index is 0.431. The zero-order valence-electron chi connectivity index (χ0n) is 11.4. The van der Waals surface area contributed by atoms with Gasteiger partial charge in [0.25, 0.3) is 0 Å². The molecule has 6 heteroatoms. The van der Waals surface area contributed by atoms with Crippen LogP contribution in [-0.2, 0) is 13.0 Å². The van der Waals surface area contributed by atoms with E-state index in [2.05, 4.69) is 22.4 Å². The van der Waals surface area contributed by atoms with Crippen LogP contribution in [0.25, 0.3) is 0 Å². The first-order valence-corrected chi connectivity index (χ1v) is 7.87. The summed E-state index contributed by atoms with van der Waals surface area (Å²) in [4.78, 5) is 0. The lowest BCUT2D eigenvalue weighted by Crippen LogP contribution is -2.17. The molecule has 0 aliphatic rings. The lowest BCUT2D eigenvalue weighted by Gasteiger charge is -2.03. The number of nitrogens with zero attached hydrogens (tertiary/aromatic N) is 2. The van der Waals surface area contributed by atoms with Gasteiger partial charge in [-0.25, -0.2) is 0 Å². The number of rotatable bonds is 8. The Labute approximate surface area is 128 Å². The van der Waals surface area contributed by atoms with Gasteiger partial charge in [0.2, 0.25) is 0 Å². The lowest BCUT2D eigenvalue weighted by atomic mass is 10.3. The molecular weight excluding hydrogens is 294 g/mol. The van der Waals surface area contributed by atoms with Crippen molar-refractivity contribution in [3.05, 3.63) is 39.3 Å². The number of hydrogen-bond donors (Lipinski definition) is 1. The second-order valence-electron chi connectivity index (χ2n) is 4.34. The zero-order chi connectivity index (χ0) is 14.2. The van der Waals surface area contributed by atoms with Crippen LogP contribution in [0.4, 0.5) is 0 Å². The maximum Gasteiger partial charge on any atom is 0.155 e. The molecule has 0 fully saturated rings. The molecule has 20 heavy (non-hydrogen) atoms. The van der Waals surface area contributed by atoms with Crippen LogP contribution < -0.4 is 10.1 Å². The molecule has 1 N–H and O–H groups in total. The average Bonchev–Trinajstić information content (AvgIpc) is 2.89. The van der Waals surface area contributed by atoms with Gasteiger partial charge in [0.15, 0.2) is 5.01 Å². The van der Waals surface area contributed by atoms with E-state index >= 15 is 0 Å². The molecule has 2 rings (SSSR count). The molecule has 1 aromatic carbocycles. The monoisotopic (exact) mass is 311 g/mol. The summed E-state index contributed by atoms with van der Waals surface area (Å²) in [5, 5.41) is 14.2. The molecule has 1 heterocycles. The van der Waals surface area contributed by atoms with Gasteiger partial charge in [-0.2, -0.15) is 0 Å². The molecule has 0 bridgehead atoms. The number of hydrogen-bond acceptors (Lipinski definition) is 5. The Kier molecular flexibility index (Phi) is 6.24. The van der Waals surface area contributed by atoms with Crippen LogP contribution in [0, 0.1) is 0 Å². The van der Waals surface area contributed by atoms with Crippen molar-refractivity contribution in [3.8, 4) is 5.75 Å². The summed E-state index contributed by atoms with van der Waals surface area (Å²) in [5.41, 5.74) is 0. The Hall–Kier alpha value is -1.17. The Bertz CT molecular complexity index is 533. The third-order valence-corrected chi connectivity index (χ3v) is 3.80. The number of aromatic nitrogens is 2. The molecule has 0 aliphatic heterocycles. The van der Waals surface area contributed by atoms with Crippen molar-refractivity contribution in [2.24, 2.45) is 0 Å². The quantitative estimate of drug-likeness (QED) is 0.760. The van der Waals surface area contributed by atoms with Crippen LogP contribution in [-0.4, -0.2) is 23.3 Å². The van der Waals surface area contributed by atoms with Gasteiger partial charge in [-0.3, -0.25) is 0 Å². The first kappa shape index (κ1) is 15.2. The number of benzene rings is 1. The third kappa shape index (κ3) is 5.07. The van der Waals surface area contributed by atoms with Crippen LogP contribution >= 0.6 is 22.9 Å². The minimum Gasteiger partial charge on any atom is -0.486 e. The van der Waals surface area contributed by atoms with E-state index in [-0.39, 0.29) is 0 Å². The summed E-state index contributed by atoms with van der Waals surface area (Å²) < 4.78 is 5.64. The van der Waals surface area contributed by atoms with E-state index < -0.39 is 0 Å². The maximum absolute atomic E-state index is 5.90. The van der Waals surface area contributed by atoms with E-state index in [1.54, 1.807) is 17.4 Å². The normalized spacial score (nSPS) is 10.7. The summed E-state index contributed by atoms with van der Waals surface area (Å²) in [6.07, 6.45) is 2.06. The molecule has 0 saturated heterocycles. The van der Waals surface area contributed by atoms with Crippen molar-refractivity contribution in [1.29, 1.82) is 0 Å². The summed E-state index contributed by atoms with van der Waals surface area (Å²) >= 11 is 7.50. The van der Waals surface area contributed by atoms with Crippen molar-refractivity contribution in [3.63, 3.8) is 0 Å². The Morgan fingerprint density at radius 2 is 2.10 bits per heavy atom. The summed E-state index contributed by atoms with van der Waals surface area (Å²) in [7, 11) is 0. The fraction of sp³-hybridized carbons (Fsp3) is 0.429. The number of halogens is 1. The SMILES string of the molecule is CCCNCCc1nnc(COc2cccc(Cl)c2)s1. The molecule has 0 unspecified atom stereocenters. The molecule has 2 aromatic rings. The Morgan fingerprint density at radius 3 is 2.90 bits per heavy atom. The van der Waals surface area contributed by atoms with E-state index in [9.17, 15) is 0 Å². The molecule has 1 aromatic heterocycles. The van der Waals surface area contributed by atoms with Gasteiger partial charge in [-0.05, 0) is 31.2 Å². The van der Waals surface area contributed by atoms with Crippen LogP contribution in [0.2, 0.25) is 5.02 Å². The molecule has 0 saturated carbocycles. The Morgan fingerprint density at radius 1 is 1.25 bits per heavy atom. The highest BCUT2D eigenvalue weighted by molar-refractivity contribution is 7.11. The predicted octanol–water partition coefficient (Wildman–Crippen LogP) is 3.31. The molecule has 0 radical (unpaired) electrons. The first-order chi connectivity index (χ1) is 9.78. The molecule has 0 amide bonds. The highest BCUT2D eigenvalue weighted by Gasteiger charge is 2.05. The molecule has 0 spiro atoms. The van der Waals surface area contributed by atoms with Crippen molar-refractivity contribution in [2.75, 3.05) is 13.1 Å². The molecular formula is C14H18ClN3OS. The summed E-state index contributed by atoms with van der Waals surface area (Å²) in [5.74, 6) is 0.749. The number of nitrogens with one attached hydrogen (secondary N) is 1. The molecule has 4 nitrogen and oxygen atoms in total.